The summed E-state index contributed by atoms with van der Waals surface area (Å²) in [6, 6.07) is 22.2. The normalized spacial score (nSPS) is 10.2. The molecule has 3 aromatic rings. The highest BCUT2D eigenvalue weighted by molar-refractivity contribution is 6.32. The molecule has 128 valence electrons. The average molecular weight is 342 g/mol. The Kier molecular flexibility index (Phi) is 5.59. The molecule has 5 heteroatoms. The molecule has 0 bridgehead atoms. The molecule has 3 rings (SSSR count). The number of aryl methyl sites for hydroxylation is 1. The minimum Gasteiger partial charge on any atom is -0.487 e. The van der Waals surface area contributed by atoms with Crippen molar-refractivity contribution in [3.8, 4) is 5.75 Å². The van der Waals surface area contributed by atoms with Gasteiger partial charge in [-0.15, -0.1) is 0 Å². The third-order valence-corrected chi connectivity index (χ3v) is 3.80. The second-order valence-electron chi connectivity index (χ2n) is 5.98. The van der Waals surface area contributed by atoms with Crippen LogP contribution in [-0.4, -0.2) is 13.9 Å². The molecule has 0 fully saturated rings. The summed E-state index contributed by atoms with van der Waals surface area (Å²) in [5.41, 5.74) is 3.94. The topological polar surface area (TPSA) is 50.4 Å². The van der Waals surface area contributed by atoms with Crippen LogP contribution in [0.25, 0.3) is 0 Å². The number of rotatable bonds is 5. The quantitative estimate of drug-likeness (QED) is 0.689. The van der Waals surface area contributed by atoms with Gasteiger partial charge in [0, 0.05) is 5.69 Å². The molecule has 0 aliphatic carbocycles. The first-order chi connectivity index (χ1) is 12.6. The fourth-order valence-electron chi connectivity index (χ4n) is 2.43. The molecule has 0 aliphatic heterocycles. The third-order valence-electron chi connectivity index (χ3n) is 3.80. The van der Waals surface area contributed by atoms with Crippen molar-refractivity contribution < 1.29 is 9.53 Å². The Bertz CT molecular complexity index is 880. The molecule has 4 nitrogen and oxygen atoms in total. The largest absolute Gasteiger partial charge is 0.487 e. The predicted molar refractivity (Wildman–Crippen MR) is 106 cm³/mol. The summed E-state index contributed by atoms with van der Waals surface area (Å²) in [6.45, 7) is 2.39. The summed E-state index contributed by atoms with van der Waals surface area (Å²) >= 11 is 0. The number of hydrogen-bond acceptors (Lipinski definition) is 2. The van der Waals surface area contributed by atoms with Crippen LogP contribution in [-0.2, 0) is 6.61 Å². The SMILES string of the molecule is [B]c1ccc(OCc2ccccc2)c(NC(=O)Nc2ccc(C)cc2)c1. The summed E-state index contributed by atoms with van der Waals surface area (Å²) in [7, 11) is 5.85. The summed E-state index contributed by atoms with van der Waals surface area (Å²) in [5.74, 6) is 0.558. The van der Waals surface area contributed by atoms with Crippen molar-refractivity contribution in [3.05, 3.63) is 83.9 Å². The third kappa shape index (κ3) is 4.90. The van der Waals surface area contributed by atoms with Gasteiger partial charge in [-0.1, -0.05) is 59.6 Å². The second kappa shape index (κ2) is 8.25. The average Bonchev–Trinajstić information content (AvgIpc) is 2.64. The van der Waals surface area contributed by atoms with Gasteiger partial charge in [-0.05, 0) is 36.8 Å². The molecule has 2 radical (unpaired) electrons. The van der Waals surface area contributed by atoms with Crippen molar-refractivity contribution >= 4 is 30.7 Å². The van der Waals surface area contributed by atoms with E-state index in [0.717, 1.165) is 11.1 Å². The highest BCUT2D eigenvalue weighted by atomic mass is 16.5. The van der Waals surface area contributed by atoms with Crippen molar-refractivity contribution in [2.24, 2.45) is 0 Å². The number of benzene rings is 3. The van der Waals surface area contributed by atoms with Crippen molar-refractivity contribution in [3.63, 3.8) is 0 Å². The Hall–Kier alpha value is -3.21. The van der Waals surface area contributed by atoms with E-state index in [9.17, 15) is 4.79 Å². The number of nitrogens with one attached hydrogen (secondary N) is 2. The molecule has 0 atom stereocenters. The number of carbonyl (C=O) groups excluding carboxylic acids is 1. The lowest BCUT2D eigenvalue weighted by molar-refractivity contribution is 0.261. The smallest absolute Gasteiger partial charge is 0.323 e. The second-order valence-corrected chi connectivity index (χ2v) is 5.98. The lowest BCUT2D eigenvalue weighted by Gasteiger charge is -2.14. The van der Waals surface area contributed by atoms with E-state index in [1.165, 1.54) is 0 Å². The first kappa shape index (κ1) is 17.6. The van der Waals surface area contributed by atoms with E-state index in [0.29, 0.717) is 29.2 Å². The molecule has 2 N–H and O–H groups in total. The summed E-state index contributed by atoms with van der Waals surface area (Å²) in [5, 5.41) is 5.59. The minimum absolute atomic E-state index is 0.357. The van der Waals surface area contributed by atoms with E-state index in [-0.39, 0.29) is 6.03 Å². The number of ether oxygens (including phenoxy) is 1. The van der Waals surface area contributed by atoms with E-state index < -0.39 is 0 Å². The lowest BCUT2D eigenvalue weighted by Crippen LogP contribution is -2.21. The monoisotopic (exact) mass is 342 g/mol. The fourth-order valence-corrected chi connectivity index (χ4v) is 2.43. The fraction of sp³-hybridized carbons (Fsp3) is 0.0952. The van der Waals surface area contributed by atoms with Gasteiger partial charge in [-0.2, -0.15) is 0 Å². The number of carbonyl (C=O) groups is 1. The van der Waals surface area contributed by atoms with Gasteiger partial charge in [0.15, 0.2) is 0 Å². The van der Waals surface area contributed by atoms with Gasteiger partial charge in [0.1, 0.15) is 20.2 Å². The highest BCUT2D eigenvalue weighted by Gasteiger charge is 2.09. The number of amides is 2. The van der Waals surface area contributed by atoms with Crippen molar-refractivity contribution in [2.75, 3.05) is 10.6 Å². The Balaban J connectivity index is 1.68. The summed E-state index contributed by atoms with van der Waals surface area (Å²) in [4.78, 5) is 12.3. The van der Waals surface area contributed by atoms with Gasteiger partial charge in [0.05, 0.1) is 5.69 Å². The Morgan fingerprint density at radius 1 is 0.962 bits per heavy atom. The first-order valence-electron chi connectivity index (χ1n) is 8.31. The molecule has 26 heavy (non-hydrogen) atoms. The zero-order valence-corrected chi connectivity index (χ0v) is 14.5. The zero-order valence-electron chi connectivity index (χ0n) is 14.5. The lowest BCUT2D eigenvalue weighted by atomic mass is 9.95. The Morgan fingerprint density at radius 2 is 1.69 bits per heavy atom. The maximum atomic E-state index is 12.3. The van der Waals surface area contributed by atoms with Gasteiger partial charge in [0.2, 0.25) is 0 Å². The maximum Gasteiger partial charge on any atom is 0.323 e. The Labute approximate surface area is 154 Å². The molecule has 3 aromatic carbocycles. The molecule has 0 aromatic heterocycles. The zero-order chi connectivity index (χ0) is 18.4. The van der Waals surface area contributed by atoms with Crippen LogP contribution in [0.1, 0.15) is 11.1 Å². The van der Waals surface area contributed by atoms with E-state index in [1.54, 1.807) is 18.2 Å². The Morgan fingerprint density at radius 3 is 2.42 bits per heavy atom. The maximum absolute atomic E-state index is 12.3. The van der Waals surface area contributed by atoms with Crippen molar-refractivity contribution in [1.82, 2.24) is 0 Å². The summed E-state index contributed by atoms with van der Waals surface area (Å²) in [6.07, 6.45) is 0. The molecule has 0 heterocycles. The van der Waals surface area contributed by atoms with Crippen molar-refractivity contribution in [2.45, 2.75) is 13.5 Å². The molecule has 2 amide bonds. The van der Waals surface area contributed by atoms with Crippen LogP contribution in [0.15, 0.2) is 72.8 Å². The molecule has 0 saturated heterocycles. The molecule has 0 aliphatic rings. The van der Waals surface area contributed by atoms with Crippen LogP contribution in [0, 0.1) is 6.92 Å². The number of hydrogen-bond donors (Lipinski definition) is 2. The molecule has 0 unspecified atom stereocenters. The molecule has 0 saturated carbocycles. The van der Waals surface area contributed by atoms with Gasteiger partial charge in [-0.3, -0.25) is 0 Å². The number of urea groups is 1. The van der Waals surface area contributed by atoms with Crippen LogP contribution >= 0.6 is 0 Å². The highest BCUT2D eigenvalue weighted by Crippen LogP contribution is 2.24. The minimum atomic E-state index is -0.357. The first-order valence-corrected chi connectivity index (χ1v) is 8.31. The van der Waals surface area contributed by atoms with Gasteiger partial charge < -0.3 is 15.4 Å². The number of anilines is 2. The van der Waals surface area contributed by atoms with Crippen LogP contribution < -0.4 is 20.8 Å². The standard InChI is InChI=1S/C21H19BN2O2/c1-15-7-10-18(11-8-15)23-21(25)24-19-13-17(22)9-12-20(19)26-14-16-5-3-2-4-6-16/h2-13H,14H2,1H3,(H2,23,24,25). The molecule has 0 spiro atoms. The van der Waals surface area contributed by atoms with E-state index >= 15 is 0 Å². The van der Waals surface area contributed by atoms with E-state index in [1.807, 2.05) is 61.5 Å². The molecular weight excluding hydrogens is 323 g/mol. The predicted octanol–water partition coefficient (Wildman–Crippen LogP) is 4.01. The van der Waals surface area contributed by atoms with Crippen LogP contribution in [0.2, 0.25) is 0 Å². The molecular formula is C21H19BN2O2. The van der Waals surface area contributed by atoms with Crippen molar-refractivity contribution in [1.29, 1.82) is 0 Å². The summed E-state index contributed by atoms with van der Waals surface area (Å²) < 4.78 is 5.85. The van der Waals surface area contributed by atoms with Gasteiger partial charge in [-0.25, -0.2) is 4.79 Å². The van der Waals surface area contributed by atoms with Crippen LogP contribution in [0.4, 0.5) is 16.2 Å². The van der Waals surface area contributed by atoms with Gasteiger partial charge >= 0.3 is 6.03 Å². The van der Waals surface area contributed by atoms with E-state index in [4.69, 9.17) is 12.6 Å². The van der Waals surface area contributed by atoms with Crippen LogP contribution in [0.5, 0.6) is 5.75 Å². The van der Waals surface area contributed by atoms with Gasteiger partial charge in [0.25, 0.3) is 0 Å². The van der Waals surface area contributed by atoms with E-state index in [2.05, 4.69) is 10.6 Å². The van der Waals surface area contributed by atoms with Crippen LogP contribution in [0.3, 0.4) is 0 Å².